The molecule has 0 heterocycles. The second-order valence-corrected chi connectivity index (χ2v) is 11.4. The molecule has 0 aromatic heterocycles. The van der Waals surface area contributed by atoms with Crippen molar-refractivity contribution in [2.45, 2.75) is 91.3 Å². The van der Waals surface area contributed by atoms with Gasteiger partial charge in [0.25, 0.3) is 0 Å². The zero-order valence-corrected chi connectivity index (χ0v) is 18.6. The number of aliphatic carboxylic acids is 1. The zero-order chi connectivity index (χ0) is 21.1. The number of fused-ring (bicyclic) bond motifs is 5. The van der Waals surface area contributed by atoms with Crippen LogP contribution < -0.4 is 0 Å². The first kappa shape index (κ1) is 21.4. The molecule has 0 unspecified atom stereocenters. The van der Waals surface area contributed by atoms with E-state index in [1.165, 1.54) is 5.57 Å². The van der Waals surface area contributed by atoms with Crippen molar-refractivity contribution in [2.75, 3.05) is 0 Å². The minimum absolute atomic E-state index is 0.119. The van der Waals surface area contributed by atoms with Crippen molar-refractivity contribution < 1.29 is 20.1 Å². The minimum Gasteiger partial charge on any atom is -0.481 e. The molecule has 4 nitrogen and oxygen atoms in total. The molecule has 0 spiro atoms. The van der Waals surface area contributed by atoms with E-state index in [0.29, 0.717) is 41.9 Å². The van der Waals surface area contributed by atoms with Crippen molar-refractivity contribution in [2.24, 2.45) is 46.3 Å². The highest BCUT2D eigenvalue weighted by Crippen LogP contribution is 2.68. The summed E-state index contributed by atoms with van der Waals surface area (Å²) in [5.74, 6) is 1.93. The Bertz CT molecular complexity index is 686. The second kappa shape index (κ2) is 7.37. The van der Waals surface area contributed by atoms with Crippen molar-refractivity contribution in [1.82, 2.24) is 0 Å². The lowest BCUT2D eigenvalue weighted by molar-refractivity contribution is -0.147. The molecule has 4 heteroatoms. The second-order valence-electron chi connectivity index (χ2n) is 11.4. The molecule has 164 valence electrons. The molecule has 3 fully saturated rings. The van der Waals surface area contributed by atoms with Gasteiger partial charge in [0, 0.05) is 6.42 Å². The van der Waals surface area contributed by atoms with Gasteiger partial charge in [-0.1, -0.05) is 32.4 Å². The quantitative estimate of drug-likeness (QED) is 0.596. The smallest absolute Gasteiger partial charge is 0.303 e. The number of carbonyl (C=O) groups is 1. The van der Waals surface area contributed by atoms with E-state index in [4.69, 9.17) is 5.11 Å². The molecule has 4 aliphatic rings. The molecular weight excluding hydrogens is 364 g/mol. The summed E-state index contributed by atoms with van der Waals surface area (Å²) in [5, 5.41) is 30.9. The fraction of sp³-hybridized carbons (Fsp3) is 0.880. The maximum absolute atomic E-state index is 11.5. The Morgan fingerprint density at radius 1 is 1.17 bits per heavy atom. The summed E-state index contributed by atoms with van der Waals surface area (Å²) in [4.78, 5) is 11.1. The molecule has 0 radical (unpaired) electrons. The Morgan fingerprint density at radius 3 is 2.59 bits per heavy atom. The van der Waals surface area contributed by atoms with Gasteiger partial charge in [-0.3, -0.25) is 4.79 Å². The van der Waals surface area contributed by atoms with Crippen molar-refractivity contribution >= 4 is 5.97 Å². The van der Waals surface area contributed by atoms with Gasteiger partial charge in [0.2, 0.25) is 0 Å². The lowest BCUT2D eigenvalue weighted by Gasteiger charge is -2.61. The van der Waals surface area contributed by atoms with Crippen LogP contribution in [-0.4, -0.2) is 33.5 Å². The highest BCUT2D eigenvalue weighted by atomic mass is 16.4. The number of hydrogen-bond acceptors (Lipinski definition) is 3. The summed E-state index contributed by atoms with van der Waals surface area (Å²) in [6, 6.07) is 0. The van der Waals surface area contributed by atoms with E-state index in [2.05, 4.69) is 33.8 Å². The lowest BCUT2D eigenvalue weighted by Crippen LogP contribution is -2.58. The molecule has 29 heavy (non-hydrogen) atoms. The minimum atomic E-state index is -0.717. The fourth-order valence-corrected chi connectivity index (χ4v) is 8.49. The third-order valence-electron chi connectivity index (χ3n) is 10.2. The summed E-state index contributed by atoms with van der Waals surface area (Å²) < 4.78 is 0. The molecule has 3 N–H and O–H groups in total. The van der Waals surface area contributed by atoms with Gasteiger partial charge in [0.1, 0.15) is 0 Å². The Kier molecular flexibility index (Phi) is 5.43. The molecule has 0 bridgehead atoms. The van der Waals surface area contributed by atoms with E-state index in [9.17, 15) is 15.0 Å². The van der Waals surface area contributed by atoms with Crippen molar-refractivity contribution in [3.8, 4) is 0 Å². The van der Waals surface area contributed by atoms with Crippen LogP contribution in [0.1, 0.15) is 79.1 Å². The molecule has 0 aliphatic heterocycles. The van der Waals surface area contributed by atoms with Gasteiger partial charge in [-0.05, 0) is 98.2 Å². The van der Waals surface area contributed by atoms with Gasteiger partial charge in [-0.25, -0.2) is 0 Å². The first-order valence-corrected chi connectivity index (χ1v) is 11.8. The van der Waals surface area contributed by atoms with Gasteiger partial charge in [-0.2, -0.15) is 0 Å². The summed E-state index contributed by atoms with van der Waals surface area (Å²) in [6.07, 6.45) is 8.81. The molecule has 3 saturated carbocycles. The van der Waals surface area contributed by atoms with Crippen LogP contribution >= 0.6 is 0 Å². The molecule has 4 aliphatic carbocycles. The molecule has 10 atom stereocenters. The van der Waals surface area contributed by atoms with Gasteiger partial charge in [0.05, 0.1) is 12.2 Å². The van der Waals surface area contributed by atoms with Crippen LogP contribution in [0, 0.1) is 46.3 Å². The normalized spacial score (nSPS) is 50.1. The van der Waals surface area contributed by atoms with E-state index in [1.54, 1.807) is 0 Å². The van der Waals surface area contributed by atoms with Crippen molar-refractivity contribution in [3.63, 3.8) is 0 Å². The Labute approximate surface area is 175 Å². The molecule has 0 saturated heterocycles. The van der Waals surface area contributed by atoms with Crippen LogP contribution in [0.15, 0.2) is 11.6 Å². The number of carboxylic acids is 1. The molecule has 4 rings (SSSR count). The SMILES string of the molecule is CC1=C[C@@H]2C[C@H](O)CC[C@]2(C)[C@H]2C[C@H](O)[C@]3(C)[C@@H]([C@H](C)CCC(=O)O)CC[C@H]3[C@H]12. The van der Waals surface area contributed by atoms with Crippen LogP contribution in [0.2, 0.25) is 0 Å². The Balaban J connectivity index is 1.64. The average molecular weight is 405 g/mol. The number of aliphatic hydroxyl groups is 2. The summed E-state index contributed by atoms with van der Waals surface area (Å²) in [6.45, 7) is 9.21. The van der Waals surface area contributed by atoms with E-state index >= 15 is 0 Å². The summed E-state index contributed by atoms with van der Waals surface area (Å²) in [7, 11) is 0. The lowest BCUT2D eigenvalue weighted by atomic mass is 9.44. The fourth-order valence-electron chi connectivity index (χ4n) is 8.49. The number of allylic oxidation sites excluding steroid dienone is 2. The maximum atomic E-state index is 11.5. The van der Waals surface area contributed by atoms with E-state index in [1.807, 2.05) is 0 Å². The number of carboxylic acid groups (broad SMARTS) is 1. The molecular formula is C25H40O4. The topological polar surface area (TPSA) is 77.8 Å². The van der Waals surface area contributed by atoms with Crippen molar-refractivity contribution in [1.29, 1.82) is 0 Å². The predicted molar refractivity (Wildman–Crippen MR) is 113 cm³/mol. The highest BCUT2D eigenvalue weighted by molar-refractivity contribution is 5.66. The first-order chi connectivity index (χ1) is 13.6. The zero-order valence-electron chi connectivity index (χ0n) is 18.6. The Hall–Kier alpha value is -0.870. The number of rotatable bonds is 4. The van der Waals surface area contributed by atoms with Gasteiger partial charge in [0.15, 0.2) is 0 Å². The summed E-state index contributed by atoms with van der Waals surface area (Å²) >= 11 is 0. The van der Waals surface area contributed by atoms with Crippen LogP contribution in [0.3, 0.4) is 0 Å². The third-order valence-corrected chi connectivity index (χ3v) is 10.2. The van der Waals surface area contributed by atoms with Gasteiger partial charge >= 0.3 is 5.97 Å². The average Bonchev–Trinajstić information content (AvgIpc) is 3.01. The van der Waals surface area contributed by atoms with Crippen LogP contribution in [0.25, 0.3) is 0 Å². The monoisotopic (exact) mass is 404 g/mol. The predicted octanol–water partition coefficient (Wildman–Crippen LogP) is 4.64. The summed E-state index contributed by atoms with van der Waals surface area (Å²) in [5.41, 5.74) is 1.54. The molecule has 0 amide bonds. The molecule has 0 aromatic rings. The largest absolute Gasteiger partial charge is 0.481 e. The van der Waals surface area contributed by atoms with Gasteiger partial charge in [-0.15, -0.1) is 0 Å². The van der Waals surface area contributed by atoms with Crippen LogP contribution in [0.4, 0.5) is 0 Å². The van der Waals surface area contributed by atoms with E-state index in [-0.39, 0.29) is 29.5 Å². The van der Waals surface area contributed by atoms with E-state index < -0.39 is 5.97 Å². The number of aliphatic hydroxyl groups excluding tert-OH is 2. The standard InChI is InChI=1S/C25H40O4/c1-14(5-8-22(28)29)18-6-7-19-23-15(2)11-16-12-17(26)9-10-24(16,3)20(23)13-21(27)25(18,19)4/h11,14,16-21,23,26-27H,5-10,12-13H2,1-4H3,(H,28,29)/t14-,16-,17-,18-,19+,20+,21+,23+,24+,25-/m1/s1. The van der Waals surface area contributed by atoms with Crippen LogP contribution in [-0.2, 0) is 4.79 Å². The third kappa shape index (κ3) is 3.20. The van der Waals surface area contributed by atoms with Crippen LogP contribution in [0.5, 0.6) is 0 Å². The Morgan fingerprint density at radius 2 is 1.90 bits per heavy atom. The van der Waals surface area contributed by atoms with Crippen molar-refractivity contribution in [3.05, 3.63) is 11.6 Å². The maximum Gasteiger partial charge on any atom is 0.303 e. The highest BCUT2D eigenvalue weighted by Gasteiger charge is 2.63. The molecule has 0 aromatic carbocycles. The van der Waals surface area contributed by atoms with E-state index in [0.717, 1.165) is 38.5 Å². The van der Waals surface area contributed by atoms with Gasteiger partial charge < -0.3 is 15.3 Å². The number of hydrogen-bond donors (Lipinski definition) is 3. The first-order valence-electron chi connectivity index (χ1n) is 11.8.